The van der Waals surface area contributed by atoms with Crippen LogP contribution in [0.1, 0.15) is 5.56 Å². The van der Waals surface area contributed by atoms with Gasteiger partial charge in [0.25, 0.3) is 0 Å². The third-order valence-corrected chi connectivity index (χ3v) is 6.24. The Morgan fingerprint density at radius 2 is 1.96 bits per heavy atom. The number of nitrogens with one attached hydrogen (secondary N) is 1. The minimum atomic E-state index is -3.52. The van der Waals surface area contributed by atoms with Crippen molar-refractivity contribution < 1.29 is 12.8 Å². The Morgan fingerprint density at radius 3 is 2.70 bits per heavy atom. The number of rotatable bonds is 6. The van der Waals surface area contributed by atoms with Crippen LogP contribution >= 0.6 is 11.3 Å². The molecule has 1 aromatic heterocycles. The van der Waals surface area contributed by atoms with Gasteiger partial charge in [-0.2, -0.15) is 5.10 Å². The SMILES string of the molecule is CN(C)S(=O)(=O)c1cccc(-c2csc(N/N=C\c3ccccc3F)n2)c1. The van der Waals surface area contributed by atoms with Crippen molar-refractivity contribution in [3.63, 3.8) is 0 Å². The zero-order valence-electron chi connectivity index (χ0n) is 14.6. The number of anilines is 1. The van der Waals surface area contributed by atoms with Gasteiger partial charge in [0.15, 0.2) is 0 Å². The number of sulfonamides is 1. The fourth-order valence-electron chi connectivity index (χ4n) is 2.22. The van der Waals surface area contributed by atoms with Crippen molar-refractivity contribution >= 4 is 32.7 Å². The van der Waals surface area contributed by atoms with Gasteiger partial charge in [-0.1, -0.05) is 30.3 Å². The molecule has 0 aliphatic heterocycles. The molecule has 140 valence electrons. The van der Waals surface area contributed by atoms with Crippen LogP contribution in [0.3, 0.4) is 0 Å². The van der Waals surface area contributed by atoms with E-state index in [0.29, 0.717) is 22.0 Å². The predicted molar refractivity (Wildman–Crippen MR) is 106 cm³/mol. The third kappa shape index (κ3) is 4.38. The molecule has 0 saturated heterocycles. The van der Waals surface area contributed by atoms with Gasteiger partial charge in [0, 0.05) is 30.6 Å². The molecule has 6 nitrogen and oxygen atoms in total. The van der Waals surface area contributed by atoms with Crippen molar-refractivity contribution in [1.82, 2.24) is 9.29 Å². The summed E-state index contributed by atoms with van der Waals surface area (Å²) >= 11 is 1.31. The van der Waals surface area contributed by atoms with Crippen molar-refractivity contribution in [2.24, 2.45) is 5.10 Å². The number of hydrogen-bond acceptors (Lipinski definition) is 6. The van der Waals surface area contributed by atoms with E-state index < -0.39 is 10.0 Å². The van der Waals surface area contributed by atoms with E-state index in [0.717, 1.165) is 4.31 Å². The Bertz CT molecular complexity index is 1080. The summed E-state index contributed by atoms with van der Waals surface area (Å²) < 4.78 is 39.3. The number of halogens is 1. The lowest BCUT2D eigenvalue weighted by molar-refractivity contribution is 0.521. The van der Waals surface area contributed by atoms with Crippen molar-refractivity contribution in [3.05, 3.63) is 65.3 Å². The quantitative estimate of drug-likeness (QED) is 0.503. The molecule has 3 rings (SSSR count). The van der Waals surface area contributed by atoms with E-state index in [4.69, 9.17) is 0 Å². The van der Waals surface area contributed by atoms with Gasteiger partial charge in [0.2, 0.25) is 15.2 Å². The van der Waals surface area contributed by atoms with E-state index in [1.165, 1.54) is 37.7 Å². The highest BCUT2D eigenvalue weighted by molar-refractivity contribution is 7.89. The predicted octanol–water partition coefficient (Wildman–Crippen LogP) is 3.65. The summed E-state index contributed by atoms with van der Waals surface area (Å²) in [5, 5.41) is 6.30. The van der Waals surface area contributed by atoms with Crippen molar-refractivity contribution in [1.29, 1.82) is 0 Å². The van der Waals surface area contributed by atoms with Gasteiger partial charge in [-0.25, -0.2) is 22.1 Å². The van der Waals surface area contributed by atoms with Crippen LogP contribution < -0.4 is 5.43 Å². The summed E-state index contributed by atoms with van der Waals surface area (Å²) in [7, 11) is -0.542. The number of thiazole rings is 1. The molecule has 0 unspecified atom stereocenters. The van der Waals surface area contributed by atoms with E-state index >= 15 is 0 Å². The summed E-state index contributed by atoms with van der Waals surface area (Å²) in [6, 6.07) is 12.9. The summed E-state index contributed by atoms with van der Waals surface area (Å²) in [5.74, 6) is -0.359. The van der Waals surface area contributed by atoms with Gasteiger partial charge in [0.05, 0.1) is 16.8 Å². The Balaban J connectivity index is 1.77. The molecule has 27 heavy (non-hydrogen) atoms. The Hall–Kier alpha value is -2.62. The van der Waals surface area contributed by atoms with Crippen molar-refractivity contribution in [3.8, 4) is 11.3 Å². The number of aromatic nitrogens is 1. The number of hydrazone groups is 1. The Kier molecular flexibility index (Phi) is 5.64. The van der Waals surface area contributed by atoms with Gasteiger partial charge < -0.3 is 0 Å². The van der Waals surface area contributed by atoms with Crippen LogP contribution in [0, 0.1) is 5.82 Å². The van der Waals surface area contributed by atoms with E-state index in [2.05, 4.69) is 15.5 Å². The van der Waals surface area contributed by atoms with Crippen LogP contribution in [-0.4, -0.2) is 38.0 Å². The van der Waals surface area contributed by atoms with Crippen LogP contribution in [0.15, 0.2) is 63.9 Å². The monoisotopic (exact) mass is 404 g/mol. The van der Waals surface area contributed by atoms with Crippen molar-refractivity contribution in [2.75, 3.05) is 19.5 Å². The molecule has 1 N–H and O–H groups in total. The second-order valence-electron chi connectivity index (χ2n) is 5.74. The summed E-state index contributed by atoms with van der Waals surface area (Å²) in [4.78, 5) is 4.59. The molecule has 0 amide bonds. The topological polar surface area (TPSA) is 74.7 Å². The highest BCUT2D eigenvalue weighted by atomic mass is 32.2. The molecule has 1 heterocycles. The first kappa shape index (κ1) is 19.2. The smallest absolute Gasteiger partial charge is 0.242 e. The lowest BCUT2D eigenvalue weighted by Crippen LogP contribution is -2.22. The van der Waals surface area contributed by atoms with Gasteiger partial charge in [-0.15, -0.1) is 11.3 Å². The number of hydrogen-bond donors (Lipinski definition) is 1. The highest BCUT2D eigenvalue weighted by Crippen LogP contribution is 2.27. The number of benzene rings is 2. The molecule has 0 aliphatic rings. The average Bonchev–Trinajstić information content (AvgIpc) is 3.12. The first-order valence-corrected chi connectivity index (χ1v) is 10.2. The van der Waals surface area contributed by atoms with Crippen LogP contribution in [-0.2, 0) is 10.0 Å². The molecule has 2 aromatic carbocycles. The fraction of sp³-hybridized carbons (Fsp3) is 0.111. The first-order valence-electron chi connectivity index (χ1n) is 7.90. The summed E-state index contributed by atoms with van der Waals surface area (Å²) in [6.45, 7) is 0. The second-order valence-corrected chi connectivity index (χ2v) is 8.75. The lowest BCUT2D eigenvalue weighted by Gasteiger charge is -2.11. The van der Waals surface area contributed by atoms with E-state index in [9.17, 15) is 12.8 Å². The van der Waals surface area contributed by atoms with Crippen LogP contribution in [0.5, 0.6) is 0 Å². The van der Waals surface area contributed by atoms with E-state index in [1.54, 1.807) is 47.8 Å². The molecule has 3 aromatic rings. The standard InChI is InChI=1S/C18H17FN4O2S2/c1-23(2)27(24,25)15-8-5-7-13(10-15)17-12-26-18(21-17)22-20-11-14-6-3-4-9-16(14)19/h3-12H,1-2H3,(H,21,22)/b20-11-. The maximum absolute atomic E-state index is 13.5. The molecule has 0 saturated carbocycles. The zero-order chi connectivity index (χ0) is 19.4. The van der Waals surface area contributed by atoms with Gasteiger partial charge in [0.1, 0.15) is 5.82 Å². The first-order chi connectivity index (χ1) is 12.9. The maximum Gasteiger partial charge on any atom is 0.242 e. The summed E-state index contributed by atoms with van der Waals surface area (Å²) in [6.07, 6.45) is 1.38. The van der Waals surface area contributed by atoms with Crippen LogP contribution in [0.25, 0.3) is 11.3 Å². The normalized spacial score (nSPS) is 12.0. The minimum absolute atomic E-state index is 0.199. The maximum atomic E-state index is 13.5. The number of nitrogens with zero attached hydrogens (tertiary/aromatic N) is 3. The Morgan fingerprint density at radius 1 is 1.19 bits per heavy atom. The third-order valence-electron chi connectivity index (χ3n) is 3.68. The van der Waals surface area contributed by atoms with Gasteiger partial charge in [-0.3, -0.25) is 5.43 Å². The van der Waals surface area contributed by atoms with E-state index in [1.807, 2.05) is 0 Å². The molecule has 0 atom stereocenters. The highest BCUT2D eigenvalue weighted by Gasteiger charge is 2.18. The molecule has 9 heteroatoms. The van der Waals surface area contributed by atoms with Gasteiger partial charge in [-0.05, 0) is 18.2 Å². The average molecular weight is 404 g/mol. The van der Waals surface area contributed by atoms with E-state index in [-0.39, 0.29) is 10.7 Å². The minimum Gasteiger partial charge on any atom is -0.253 e. The lowest BCUT2D eigenvalue weighted by atomic mass is 10.2. The largest absolute Gasteiger partial charge is 0.253 e. The van der Waals surface area contributed by atoms with Crippen LogP contribution in [0.2, 0.25) is 0 Å². The van der Waals surface area contributed by atoms with Crippen LogP contribution in [0.4, 0.5) is 9.52 Å². The fourth-order valence-corrected chi connectivity index (χ4v) is 3.84. The van der Waals surface area contributed by atoms with Crippen molar-refractivity contribution in [2.45, 2.75) is 4.90 Å². The molecule has 0 spiro atoms. The molecular formula is C18H17FN4O2S2. The molecule has 0 radical (unpaired) electrons. The zero-order valence-corrected chi connectivity index (χ0v) is 16.3. The molecule has 0 fully saturated rings. The Labute approximate surface area is 161 Å². The molecule has 0 aliphatic carbocycles. The summed E-state index contributed by atoms with van der Waals surface area (Å²) in [5.41, 5.74) is 4.43. The molecule has 0 bridgehead atoms. The molecular weight excluding hydrogens is 387 g/mol. The van der Waals surface area contributed by atoms with Gasteiger partial charge >= 0.3 is 0 Å². The second kappa shape index (κ2) is 7.95.